The van der Waals surface area contributed by atoms with Gasteiger partial charge in [0.05, 0.1) is 12.1 Å². The predicted molar refractivity (Wildman–Crippen MR) is 124 cm³/mol. The maximum absolute atomic E-state index is 13.3. The molecule has 0 radical (unpaired) electrons. The molecule has 2 heterocycles. The summed E-state index contributed by atoms with van der Waals surface area (Å²) in [5.74, 6) is 0. The summed E-state index contributed by atoms with van der Waals surface area (Å²) in [6.45, 7) is 2.87. The number of anilines is 1. The maximum atomic E-state index is 13.3. The molecule has 0 aliphatic heterocycles. The lowest BCUT2D eigenvalue weighted by molar-refractivity contribution is 0.206. The number of nitrogens with zero attached hydrogens (tertiary/aromatic N) is 5. The number of carbonyl (C=O) groups excluding carboxylic acids is 1. The number of urea groups is 1. The molecule has 0 saturated heterocycles. The number of aryl methyl sites for hydroxylation is 1. The summed E-state index contributed by atoms with van der Waals surface area (Å²) < 4.78 is 1.74. The molecule has 0 saturated carbocycles. The van der Waals surface area contributed by atoms with Crippen LogP contribution in [0.2, 0.25) is 0 Å². The number of nitrogens with one attached hydrogen (secondary N) is 1. The highest BCUT2D eigenvalue weighted by Gasteiger charge is 2.19. The van der Waals surface area contributed by atoms with Crippen molar-refractivity contribution in [3.63, 3.8) is 0 Å². The van der Waals surface area contributed by atoms with E-state index in [1.54, 1.807) is 9.42 Å². The standard InChI is InChI=1S/C25H22N6O/c1-18-12-13-23-20(14-18)15-21(24-27-28-29-31(23)24)17-30(16-19-8-4-2-5-9-19)25(32)26-22-10-6-3-7-11-22/h2-15H,16-17H2,1H3,(H,26,32). The lowest BCUT2D eigenvalue weighted by Gasteiger charge is -2.24. The zero-order chi connectivity index (χ0) is 21.9. The Hall–Kier alpha value is -4.26. The van der Waals surface area contributed by atoms with Crippen LogP contribution in [0, 0.1) is 6.92 Å². The molecule has 1 N–H and O–H groups in total. The number of para-hydroxylation sites is 1. The molecule has 0 aliphatic rings. The number of tetrazole rings is 1. The number of pyridine rings is 1. The van der Waals surface area contributed by atoms with Crippen LogP contribution in [0.15, 0.2) is 84.9 Å². The van der Waals surface area contributed by atoms with Gasteiger partial charge in [-0.2, -0.15) is 4.52 Å². The first kappa shape index (κ1) is 19.7. The Morgan fingerprint density at radius 2 is 1.69 bits per heavy atom. The van der Waals surface area contributed by atoms with Gasteiger partial charge in [-0.25, -0.2) is 4.79 Å². The van der Waals surface area contributed by atoms with Crippen LogP contribution in [0.1, 0.15) is 16.7 Å². The molecular formula is C25H22N6O. The zero-order valence-electron chi connectivity index (χ0n) is 17.6. The highest BCUT2D eigenvalue weighted by atomic mass is 16.2. The van der Waals surface area contributed by atoms with Crippen molar-refractivity contribution >= 4 is 28.3 Å². The Morgan fingerprint density at radius 1 is 0.938 bits per heavy atom. The van der Waals surface area contributed by atoms with Gasteiger partial charge in [0.1, 0.15) is 0 Å². The molecule has 158 valence electrons. The number of amides is 2. The molecule has 0 bridgehead atoms. The van der Waals surface area contributed by atoms with Crippen LogP contribution in [0.3, 0.4) is 0 Å². The third kappa shape index (κ3) is 4.00. The second kappa shape index (κ2) is 8.47. The summed E-state index contributed by atoms with van der Waals surface area (Å²) in [5.41, 5.74) is 5.41. The molecule has 3 aromatic carbocycles. The molecule has 7 nitrogen and oxygen atoms in total. The van der Waals surface area contributed by atoms with E-state index in [1.165, 1.54) is 0 Å². The van der Waals surface area contributed by atoms with Crippen LogP contribution in [-0.2, 0) is 13.1 Å². The summed E-state index contributed by atoms with van der Waals surface area (Å²) in [6.07, 6.45) is 0. The van der Waals surface area contributed by atoms with Gasteiger partial charge < -0.3 is 10.2 Å². The van der Waals surface area contributed by atoms with Crippen molar-refractivity contribution in [2.24, 2.45) is 0 Å². The minimum absolute atomic E-state index is 0.185. The van der Waals surface area contributed by atoms with Crippen molar-refractivity contribution in [3.8, 4) is 0 Å². The third-order valence-electron chi connectivity index (χ3n) is 5.39. The monoisotopic (exact) mass is 422 g/mol. The van der Waals surface area contributed by atoms with Crippen molar-refractivity contribution in [2.75, 3.05) is 5.32 Å². The fourth-order valence-corrected chi connectivity index (χ4v) is 3.83. The Labute approximate surface area is 185 Å². The van der Waals surface area contributed by atoms with E-state index in [0.29, 0.717) is 18.7 Å². The number of hydrogen-bond acceptors (Lipinski definition) is 4. The lowest BCUT2D eigenvalue weighted by Crippen LogP contribution is -2.34. The van der Waals surface area contributed by atoms with Crippen LogP contribution >= 0.6 is 0 Å². The van der Waals surface area contributed by atoms with Gasteiger partial charge in [0.25, 0.3) is 0 Å². The topological polar surface area (TPSA) is 75.4 Å². The van der Waals surface area contributed by atoms with Crippen molar-refractivity contribution in [3.05, 3.63) is 102 Å². The SMILES string of the molecule is Cc1ccc2c(c1)cc(CN(Cc1ccccc1)C(=O)Nc1ccccc1)c1nnnn12. The first-order valence-electron chi connectivity index (χ1n) is 10.4. The number of rotatable bonds is 5. The summed E-state index contributed by atoms with van der Waals surface area (Å²) in [4.78, 5) is 15.0. The van der Waals surface area contributed by atoms with E-state index < -0.39 is 0 Å². The number of carbonyl (C=O) groups is 1. The molecule has 0 fully saturated rings. The van der Waals surface area contributed by atoms with E-state index in [-0.39, 0.29) is 6.03 Å². The quantitative estimate of drug-likeness (QED) is 0.441. The number of hydrogen-bond donors (Lipinski definition) is 1. The van der Waals surface area contributed by atoms with E-state index in [0.717, 1.165) is 33.3 Å². The van der Waals surface area contributed by atoms with E-state index in [2.05, 4.69) is 39.9 Å². The largest absolute Gasteiger partial charge is 0.322 e. The van der Waals surface area contributed by atoms with Crippen molar-refractivity contribution < 1.29 is 4.79 Å². The van der Waals surface area contributed by atoms with E-state index >= 15 is 0 Å². The molecule has 0 aliphatic carbocycles. The van der Waals surface area contributed by atoms with Crippen molar-refractivity contribution in [2.45, 2.75) is 20.0 Å². The Balaban J connectivity index is 1.53. The maximum Gasteiger partial charge on any atom is 0.322 e. The molecule has 7 heteroatoms. The van der Waals surface area contributed by atoms with E-state index in [1.807, 2.05) is 72.8 Å². The van der Waals surface area contributed by atoms with Gasteiger partial charge in [-0.15, -0.1) is 5.10 Å². The highest BCUT2D eigenvalue weighted by Crippen LogP contribution is 2.23. The predicted octanol–water partition coefficient (Wildman–Crippen LogP) is 4.82. The van der Waals surface area contributed by atoms with Crippen LogP contribution < -0.4 is 5.32 Å². The zero-order valence-corrected chi connectivity index (χ0v) is 17.6. The third-order valence-corrected chi connectivity index (χ3v) is 5.39. The number of benzene rings is 3. The molecule has 2 amide bonds. The van der Waals surface area contributed by atoms with Crippen LogP contribution in [-0.4, -0.2) is 31.0 Å². The van der Waals surface area contributed by atoms with Crippen molar-refractivity contribution in [1.29, 1.82) is 0 Å². The summed E-state index contributed by atoms with van der Waals surface area (Å²) >= 11 is 0. The Bertz CT molecular complexity index is 1380. The second-order valence-electron chi connectivity index (χ2n) is 7.78. The molecule has 32 heavy (non-hydrogen) atoms. The first-order chi connectivity index (χ1) is 15.7. The molecule has 0 spiro atoms. The van der Waals surface area contributed by atoms with Gasteiger partial charge >= 0.3 is 6.03 Å². The highest BCUT2D eigenvalue weighted by molar-refractivity contribution is 5.89. The van der Waals surface area contributed by atoms with E-state index in [9.17, 15) is 4.79 Å². The Kier molecular flexibility index (Phi) is 5.21. The lowest BCUT2D eigenvalue weighted by atomic mass is 10.1. The minimum atomic E-state index is -0.185. The van der Waals surface area contributed by atoms with E-state index in [4.69, 9.17) is 0 Å². The number of aromatic nitrogens is 4. The van der Waals surface area contributed by atoms with Gasteiger partial charge in [0.15, 0.2) is 5.65 Å². The molecule has 2 aromatic heterocycles. The average molecular weight is 422 g/mol. The van der Waals surface area contributed by atoms with Gasteiger partial charge in [0.2, 0.25) is 0 Å². The second-order valence-corrected chi connectivity index (χ2v) is 7.78. The van der Waals surface area contributed by atoms with Crippen LogP contribution in [0.4, 0.5) is 10.5 Å². The molecule has 5 rings (SSSR count). The normalized spacial score (nSPS) is 11.0. The smallest absolute Gasteiger partial charge is 0.316 e. The summed E-state index contributed by atoms with van der Waals surface area (Å²) in [6, 6.07) is 27.4. The molecule has 0 atom stereocenters. The van der Waals surface area contributed by atoms with Crippen LogP contribution in [0.25, 0.3) is 16.6 Å². The fraction of sp³-hybridized carbons (Fsp3) is 0.120. The first-order valence-corrected chi connectivity index (χ1v) is 10.4. The van der Waals surface area contributed by atoms with Crippen molar-refractivity contribution in [1.82, 2.24) is 24.9 Å². The van der Waals surface area contributed by atoms with Gasteiger partial charge in [-0.05, 0) is 53.2 Å². The fourth-order valence-electron chi connectivity index (χ4n) is 3.83. The summed E-state index contributed by atoms with van der Waals surface area (Å²) in [7, 11) is 0. The Morgan fingerprint density at radius 3 is 2.47 bits per heavy atom. The summed E-state index contributed by atoms with van der Waals surface area (Å²) in [5, 5.41) is 16.3. The molecule has 5 aromatic rings. The van der Waals surface area contributed by atoms with Gasteiger partial charge in [0, 0.05) is 23.2 Å². The van der Waals surface area contributed by atoms with Gasteiger partial charge in [-0.3, -0.25) is 0 Å². The van der Waals surface area contributed by atoms with Crippen LogP contribution in [0.5, 0.6) is 0 Å². The number of fused-ring (bicyclic) bond motifs is 3. The molecule has 0 unspecified atom stereocenters. The van der Waals surface area contributed by atoms with Gasteiger partial charge in [-0.1, -0.05) is 60.2 Å². The molecular weight excluding hydrogens is 400 g/mol. The average Bonchev–Trinajstić information content (AvgIpc) is 3.30. The minimum Gasteiger partial charge on any atom is -0.316 e.